The van der Waals surface area contributed by atoms with E-state index in [0.717, 1.165) is 19.3 Å². The Morgan fingerprint density at radius 1 is 1.50 bits per heavy atom. The molecule has 0 aromatic heterocycles. The van der Waals surface area contributed by atoms with Gasteiger partial charge in [-0.05, 0) is 12.8 Å². The Labute approximate surface area is 76.1 Å². The zero-order valence-electron chi connectivity index (χ0n) is 8.22. The summed E-state index contributed by atoms with van der Waals surface area (Å²) in [5, 5.41) is 0. The largest absolute Gasteiger partial charge is 0.474 e. The van der Waals surface area contributed by atoms with Crippen molar-refractivity contribution in [2.45, 2.75) is 40.0 Å². The lowest BCUT2D eigenvalue weighted by molar-refractivity contribution is 0.0997. The number of hydrogen-bond donors (Lipinski definition) is 0. The van der Waals surface area contributed by atoms with Crippen molar-refractivity contribution in [1.29, 1.82) is 0 Å². The van der Waals surface area contributed by atoms with Crippen LogP contribution < -0.4 is 0 Å². The lowest BCUT2D eigenvalue weighted by atomic mass is 9.84. The molecule has 0 aromatic rings. The molecule has 2 radical (unpaired) electrons. The molecule has 0 amide bonds. The van der Waals surface area contributed by atoms with Crippen molar-refractivity contribution in [3.8, 4) is 0 Å². The summed E-state index contributed by atoms with van der Waals surface area (Å²) in [6, 6.07) is 0. The minimum atomic E-state index is -0.675. The van der Waals surface area contributed by atoms with Gasteiger partial charge in [-0.2, -0.15) is 0 Å². The molecule has 0 rings (SSSR count). The zero-order chi connectivity index (χ0) is 9.61. The van der Waals surface area contributed by atoms with Gasteiger partial charge in [0.25, 0.3) is 0 Å². The topological polar surface area (TPSA) is 26.3 Å². The fraction of sp³-hybridized carbons (Fsp3) is 0.889. The van der Waals surface area contributed by atoms with E-state index in [2.05, 4.69) is 20.8 Å². The van der Waals surface area contributed by atoms with Crippen LogP contribution in [0, 0.1) is 5.41 Å². The fourth-order valence-corrected chi connectivity index (χ4v) is 1.20. The molecule has 12 heavy (non-hydrogen) atoms. The molecule has 0 bridgehead atoms. The molecule has 1 atom stereocenters. The van der Waals surface area contributed by atoms with Crippen LogP contribution in [0.15, 0.2) is 0 Å². The lowest BCUT2D eigenvalue weighted by Gasteiger charge is -2.26. The van der Waals surface area contributed by atoms with E-state index in [0.29, 0.717) is 6.61 Å². The third-order valence-corrected chi connectivity index (χ3v) is 2.27. The Balaban J connectivity index is 3.86. The van der Waals surface area contributed by atoms with Gasteiger partial charge in [0.1, 0.15) is 0 Å². The maximum atomic E-state index is 10.4. The van der Waals surface area contributed by atoms with Crippen LogP contribution in [-0.2, 0) is 4.74 Å². The van der Waals surface area contributed by atoms with Crippen LogP contribution in [0.2, 0.25) is 0 Å². The van der Waals surface area contributed by atoms with Crippen LogP contribution in [-0.4, -0.2) is 20.3 Å². The average molecular weight is 168 g/mol. The number of ether oxygens (including phenoxy) is 1. The minimum Gasteiger partial charge on any atom is -0.474 e. The highest BCUT2D eigenvalue weighted by molar-refractivity contribution is 6.55. The van der Waals surface area contributed by atoms with Crippen LogP contribution in [0.3, 0.4) is 0 Å². The van der Waals surface area contributed by atoms with Gasteiger partial charge in [0.05, 0.1) is 6.61 Å². The zero-order valence-corrected chi connectivity index (χ0v) is 8.22. The van der Waals surface area contributed by atoms with E-state index in [4.69, 9.17) is 12.6 Å². The molecule has 0 N–H and O–H groups in total. The van der Waals surface area contributed by atoms with Gasteiger partial charge in [0.2, 0.25) is 13.7 Å². The quantitative estimate of drug-likeness (QED) is 0.589. The van der Waals surface area contributed by atoms with Gasteiger partial charge in [-0.1, -0.05) is 27.2 Å². The van der Waals surface area contributed by atoms with Crippen molar-refractivity contribution < 1.29 is 9.53 Å². The molecule has 0 aromatic carbocycles. The highest BCUT2D eigenvalue weighted by Gasteiger charge is 2.21. The predicted molar refractivity (Wildman–Crippen MR) is 50.4 cm³/mol. The summed E-state index contributed by atoms with van der Waals surface area (Å²) in [4.78, 5) is 10.4. The van der Waals surface area contributed by atoms with Gasteiger partial charge in [-0.3, -0.25) is 4.79 Å². The summed E-state index contributed by atoms with van der Waals surface area (Å²) in [5.74, 6) is -0.675. The van der Waals surface area contributed by atoms with Gasteiger partial charge < -0.3 is 4.74 Å². The summed E-state index contributed by atoms with van der Waals surface area (Å²) >= 11 is 0. The first-order chi connectivity index (χ1) is 5.54. The monoisotopic (exact) mass is 168 g/mol. The Morgan fingerprint density at radius 3 is 2.42 bits per heavy atom. The molecule has 0 saturated carbocycles. The van der Waals surface area contributed by atoms with Crippen LogP contribution in [0.4, 0.5) is 4.79 Å². The SMILES string of the molecule is [B]C(=O)OCC(C)(CC)CCC. The summed E-state index contributed by atoms with van der Waals surface area (Å²) in [6.07, 6.45) is 3.18. The van der Waals surface area contributed by atoms with E-state index in [9.17, 15) is 4.79 Å². The highest BCUT2D eigenvalue weighted by atomic mass is 16.5. The molecule has 2 nitrogen and oxygen atoms in total. The second kappa shape index (κ2) is 5.23. The van der Waals surface area contributed by atoms with Gasteiger partial charge in [0, 0.05) is 5.41 Å². The summed E-state index contributed by atoms with van der Waals surface area (Å²) in [6.45, 7) is 6.77. The van der Waals surface area contributed by atoms with E-state index >= 15 is 0 Å². The Hall–Kier alpha value is -0.465. The van der Waals surface area contributed by atoms with Crippen LogP contribution in [0.5, 0.6) is 0 Å². The third kappa shape index (κ3) is 4.42. The third-order valence-electron chi connectivity index (χ3n) is 2.27. The Bertz CT molecular complexity index is 147. The van der Waals surface area contributed by atoms with Crippen molar-refractivity contribution in [3.63, 3.8) is 0 Å². The van der Waals surface area contributed by atoms with Crippen molar-refractivity contribution in [1.82, 2.24) is 0 Å². The molecule has 0 aliphatic rings. The molecular formula is C9H17BO2. The summed E-state index contributed by atoms with van der Waals surface area (Å²) in [7, 11) is 4.89. The molecule has 0 aliphatic carbocycles. The van der Waals surface area contributed by atoms with E-state index in [1.54, 1.807) is 0 Å². The number of rotatable bonds is 5. The molecule has 1 unspecified atom stereocenters. The molecule has 0 fully saturated rings. The second-order valence-corrected chi connectivity index (χ2v) is 3.52. The smallest absolute Gasteiger partial charge is 0.235 e. The average Bonchev–Trinajstić information content (AvgIpc) is 2.02. The molecule has 3 heteroatoms. The summed E-state index contributed by atoms with van der Waals surface area (Å²) < 4.78 is 4.79. The highest BCUT2D eigenvalue weighted by Crippen LogP contribution is 2.27. The predicted octanol–water partition coefficient (Wildman–Crippen LogP) is 2.51. The fourth-order valence-electron chi connectivity index (χ4n) is 1.20. The van der Waals surface area contributed by atoms with Gasteiger partial charge >= 0.3 is 0 Å². The van der Waals surface area contributed by atoms with Crippen molar-refractivity contribution in [2.24, 2.45) is 5.41 Å². The molecular weight excluding hydrogens is 151 g/mol. The first kappa shape index (κ1) is 11.5. The van der Waals surface area contributed by atoms with E-state index in [-0.39, 0.29) is 5.41 Å². The number of hydrogen-bond acceptors (Lipinski definition) is 2. The van der Waals surface area contributed by atoms with Crippen LogP contribution in [0.25, 0.3) is 0 Å². The molecule has 0 heterocycles. The van der Waals surface area contributed by atoms with Crippen molar-refractivity contribution in [3.05, 3.63) is 0 Å². The molecule has 0 spiro atoms. The first-order valence-corrected chi connectivity index (χ1v) is 4.46. The van der Waals surface area contributed by atoms with Gasteiger partial charge in [0.15, 0.2) is 0 Å². The van der Waals surface area contributed by atoms with Gasteiger partial charge in [-0.25, -0.2) is 0 Å². The van der Waals surface area contributed by atoms with E-state index in [1.807, 2.05) is 0 Å². The summed E-state index contributed by atoms with van der Waals surface area (Å²) in [5.41, 5.74) is 0.101. The number of carbonyl (C=O) groups is 1. The molecule has 0 saturated heterocycles. The van der Waals surface area contributed by atoms with E-state index < -0.39 is 5.87 Å². The van der Waals surface area contributed by atoms with Crippen LogP contribution >= 0.6 is 0 Å². The Kier molecular flexibility index (Phi) is 5.03. The standard InChI is InChI=1S/C9H17BO2/c1-4-6-9(3,5-2)7-12-8(10)11/h4-7H2,1-3H3. The second-order valence-electron chi connectivity index (χ2n) is 3.52. The Morgan fingerprint density at radius 2 is 2.08 bits per heavy atom. The van der Waals surface area contributed by atoms with Gasteiger partial charge in [-0.15, -0.1) is 0 Å². The van der Waals surface area contributed by atoms with Crippen molar-refractivity contribution in [2.75, 3.05) is 6.61 Å². The van der Waals surface area contributed by atoms with Crippen molar-refractivity contribution >= 4 is 13.7 Å². The van der Waals surface area contributed by atoms with Crippen LogP contribution in [0.1, 0.15) is 40.0 Å². The number of carbonyl (C=O) groups excluding carboxylic acids is 1. The van der Waals surface area contributed by atoms with E-state index in [1.165, 1.54) is 0 Å². The minimum absolute atomic E-state index is 0.101. The first-order valence-electron chi connectivity index (χ1n) is 4.46. The molecule has 0 aliphatic heterocycles. The lowest BCUT2D eigenvalue weighted by Crippen LogP contribution is -2.23. The molecule has 68 valence electrons. The normalized spacial score (nSPS) is 15.2. The maximum absolute atomic E-state index is 10.4. The maximum Gasteiger partial charge on any atom is 0.235 e.